The molecule has 49 heavy (non-hydrogen) atoms. The van der Waals surface area contributed by atoms with Gasteiger partial charge in [0.05, 0.1) is 18.8 Å². The van der Waals surface area contributed by atoms with Gasteiger partial charge >= 0.3 is 6.03 Å². The summed E-state index contributed by atoms with van der Waals surface area (Å²) in [5.41, 5.74) is 6.31. The van der Waals surface area contributed by atoms with Gasteiger partial charge in [-0.15, -0.1) is 0 Å². The maximum absolute atomic E-state index is 13.1. The molecule has 0 aromatic heterocycles. The number of benzene rings is 3. The van der Waals surface area contributed by atoms with E-state index in [9.17, 15) is 9.90 Å². The first-order valence-corrected chi connectivity index (χ1v) is 18.9. The number of piperidine rings is 1. The molecule has 0 radical (unpaired) electrons. The molecule has 0 spiro atoms. The van der Waals surface area contributed by atoms with E-state index in [1.54, 1.807) is 0 Å². The molecule has 2 aliphatic heterocycles. The zero-order chi connectivity index (χ0) is 33.4. The summed E-state index contributed by atoms with van der Waals surface area (Å²) in [5, 5.41) is 16.2. The Labute approximate surface area is 291 Å². The molecular formula is C42H53N3O4. The molecule has 6 fully saturated rings. The smallest absolute Gasteiger partial charge is 0.315 e. The standard InChI is InChI=1S/C42H53N3O4/c1-28-38(26-45-15-3-2-4-16-45)48-40(49-39(28)34-13-11-29(27-46)12-14-34)37-10-6-9-36(21-37)35-8-5-7-30(20-35)25-43-41(47)44-42-22-31-17-32(23-42)19-33(18-31)24-42/h5-14,20-21,28,31-33,38-40,46H,2-4,15-19,22-27H2,1H3,(H2,43,44,47)/t28-,31?,32?,33?,38+,39+,40+,42?/m0/s1. The van der Waals surface area contributed by atoms with E-state index in [2.05, 4.69) is 83.1 Å². The molecule has 9 rings (SSSR count). The minimum absolute atomic E-state index is 0.0108. The van der Waals surface area contributed by atoms with Crippen LogP contribution in [0.3, 0.4) is 0 Å². The summed E-state index contributed by atoms with van der Waals surface area (Å²) in [6.07, 6.45) is 10.8. The van der Waals surface area contributed by atoms with E-state index in [1.165, 1.54) is 38.5 Å². The second-order valence-corrected chi connectivity index (χ2v) is 16.0. The van der Waals surface area contributed by atoms with Gasteiger partial charge in [0.25, 0.3) is 0 Å². The molecule has 3 aromatic rings. The van der Waals surface area contributed by atoms with Crippen molar-refractivity contribution in [2.45, 2.75) is 102 Å². The van der Waals surface area contributed by atoms with Gasteiger partial charge in [0.15, 0.2) is 6.29 Å². The van der Waals surface area contributed by atoms with Crippen molar-refractivity contribution in [1.82, 2.24) is 15.5 Å². The highest BCUT2D eigenvalue weighted by atomic mass is 16.7. The van der Waals surface area contributed by atoms with Crippen LogP contribution in [-0.2, 0) is 22.6 Å². The van der Waals surface area contributed by atoms with Gasteiger partial charge in [0.2, 0.25) is 0 Å². The van der Waals surface area contributed by atoms with Crippen molar-refractivity contribution in [3.8, 4) is 11.1 Å². The molecule has 4 bridgehead atoms. The van der Waals surface area contributed by atoms with Crippen LogP contribution in [0.15, 0.2) is 72.8 Å². The number of nitrogens with one attached hydrogen (secondary N) is 2. The summed E-state index contributed by atoms with van der Waals surface area (Å²) in [4.78, 5) is 15.7. The molecule has 260 valence electrons. The van der Waals surface area contributed by atoms with Crippen LogP contribution in [0.4, 0.5) is 4.79 Å². The molecule has 6 aliphatic rings. The normalized spacial score (nSPS) is 32.6. The lowest BCUT2D eigenvalue weighted by Gasteiger charge is -2.56. The average molecular weight is 664 g/mol. The number of rotatable bonds is 9. The zero-order valence-electron chi connectivity index (χ0n) is 29.0. The van der Waals surface area contributed by atoms with E-state index >= 15 is 0 Å². The molecule has 3 N–H and O–H groups in total. The molecule has 0 unspecified atom stereocenters. The minimum Gasteiger partial charge on any atom is -0.392 e. The van der Waals surface area contributed by atoms with Crippen molar-refractivity contribution in [3.05, 3.63) is 95.1 Å². The van der Waals surface area contributed by atoms with E-state index < -0.39 is 6.29 Å². The number of hydrogen-bond donors (Lipinski definition) is 3. The Balaban J connectivity index is 0.964. The number of carbonyl (C=O) groups is 1. The van der Waals surface area contributed by atoms with Crippen LogP contribution in [0, 0.1) is 23.7 Å². The van der Waals surface area contributed by atoms with Crippen LogP contribution in [-0.4, -0.2) is 47.3 Å². The Morgan fingerprint density at radius 3 is 2.18 bits per heavy atom. The number of carbonyl (C=O) groups excluding carboxylic acids is 1. The van der Waals surface area contributed by atoms with Crippen LogP contribution in [0.25, 0.3) is 11.1 Å². The predicted molar refractivity (Wildman–Crippen MR) is 191 cm³/mol. The highest BCUT2D eigenvalue weighted by Crippen LogP contribution is 2.55. The van der Waals surface area contributed by atoms with Crippen LogP contribution in [0.2, 0.25) is 0 Å². The summed E-state index contributed by atoms with van der Waals surface area (Å²) in [6.45, 7) is 5.92. The molecule has 7 heteroatoms. The largest absolute Gasteiger partial charge is 0.392 e. The Morgan fingerprint density at radius 1 is 0.816 bits per heavy atom. The SMILES string of the molecule is C[C@H]1[C@@H](CN2CCCCC2)O[C@@H](c2cccc(-c3cccc(CNC(=O)NC45CC6CC(CC(C6)C4)C5)c3)c2)O[C@H]1c1ccc(CO)cc1. The van der Waals surface area contributed by atoms with Gasteiger partial charge in [-0.3, -0.25) is 0 Å². The highest BCUT2D eigenvalue weighted by molar-refractivity contribution is 5.75. The predicted octanol–water partition coefficient (Wildman–Crippen LogP) is 7.89. The van der Waals surface area contributed by atoms with Gasteiger partial charge in [-0.1, -0.05) is 74.0 Å². The first kappa shape index (κ1) is 32.9. The van der Waals surface area contributed by atoms with Crippen molar-refractivity contribution in [3.63, 3.8) is 0 Å². The quantitative estimate of drug-likeness (QED) is 0.217. The maximum Gasteiger partial charge on any atom is 0.315 e. The molecule has 3 aromatic carbocycles. The molecular weight excluding hydrogens is 610 g/mol. The van der Waals surface area contributed by atoms with Crippen LogP contribution in [0.5, 0.6) is 0 Å². The average Bonchev–Trinajstić information content (AvgIpc) is 3.11. The van der Waals surface area contributed by atoms with E-state index in [4.69, 9.17) is 9.47 Å². The van der Waals surface area contributed by atoms with E-state index in [-0.39, 0.29) is 36.3 Å². The fraction of sp³-hybridized carbons (Fsp3) is 0.548. The lowest BCUT2D eigenvalue weighted by atomic mass is 9.53. The molecule has 4 atom stereocenters. The van der Waals surface area contributed by atoms with Crippen molar-refractivity contribution in [1.29, 1.82) is 0 Å². The molecule has 2 heterocycles. The number of aliphatic hydroxyl groups excluding tert-OH is 1. The molecule has 2 amide bonds. The third kappa shape index (κ3) is 7.32. The van der Waals surface area contributed by atoms with Gasteiger partial charge in [-0.2, -0.15) is 0 Å². The van der Waals surface area contributed by atoms with E-state index in [0.29, 0.717) is 6.54 Å². The van der Waals surface area contributed by atoms with Gasteiger partial charge in [-0.25, -0.2) is 4.79 Å². The van der Waals surface area contributed by atoms with Gasteiger partial charge < -0.3 is 30.1 Å². The van der Waals surface area contributed by atoms with Crippen molar-refractivity contribution >= 4 is 6.03 Å². The summed E-state index contributed by atoms with van der Waals surface area (Å²) in [7, 11) is 0. The number of nitrogens with zero attached hydrogens (tertiary/aromatic N) is 1. The Bertz CT molecular complexity index is 1570. The Kier molecular flexibility index (Phi) is 9.53. The maximum atomic E-state index is 13.1. The van der Waals surface area contributed by atoms with Crippen LogP contribution < -0.4 is 10.6 Å². The number of aliphatic hydroxyl groups is 1. The van der Waals surface area contributed by atoms with Gasteiger partial charge in [0.1, 0.15) is 0 Å². The summed E-state index contributed by atoms with van der Waals surface area (Å²) >= 11 is 0. The fourth-order valence-corrected chi connectivity index (χ4v) is 10.2. The third-order valence-corrected chi connectivity index (χ3v) is 12.3. The van der Waals surface area contributed by atoms with Gasteiger partial charge in [-0.05, 0) is 122 Å². The zero-order valence-corrected chi connectivity index (χ0v) is 29.0. The lowest BCUT2D eigenvalue weighted by Crippen LogP contribution is -2.61. The number of likely N-dealkylation sites (tertiary alicyclic amines) is 1. The number of urea groups is 1. The Hall–Kier alpha value is -3.23. The second kappa shape index (κ2) is 14.2. The summed E-state index contributed by atoms with van der Waals surface area (Å²) in [6, 6.07) is 25.1. The fourth-order valence-electron chi connectivity index (χ4n) is 10.2. The van der Waals surface area contributed by atoms with Gasteiger partial charge in [0, 0.05) is 30.1 Å². The monoisotopic (exact) mass is 663 g/mol. The molecule has 7 nitrogen and oxygen atoms in total. The highest BCUT2D eigenvalue weighted by Gasteiger charge is 2.51. The summed E-state index contributed by atoms with van der Waals surface area (Å²) in [5.74, 6) is 2.58. The van der Waals surface area contributed by atoms with Crippen molar-refractivity contribution in [2.75, 3.05) is 19.6 Å². The minimum atomic E-state index is -0.494. The topological polar surface area (TPSA) is 83.1 Å². The second-order valence-electron chi connectivity index (χ2n) is 16.0. The first-order valence-electron chi connectivity index (χ1n) is 18.9. The molecule has 4 aliphatic carbocycles. The Morgan fingerprint density at radius 2 is 1.49 bits per heavy atom. The van der Waals surface area contributed by atoms with Crippen LogP contribution in [0.1, 0.15) is 99.4 Å². The number of amides is 2. The van der Waals surface area contributed by atoms with Crippen molar-refractivity contribution in [2.24, 2.45) is 23.7 Å². The number of hydrogen-bond acceptors (Lipinski definition) is 5. The summed E-state index contributed by atoms with van der Waals surface area (Å²) < 4.78 is 13.6. The van der Waals surface area contributed by atoms with E-state index in [0.717, 1.165) is 90.0 Å². The number of ether oxygens (including phenoxy) is 2. The first-order chi connectivity index (χ1) is 23.9. The molecule has 4 saturated carbocycles. The lowest BCUT2D eigenvalue weighted by molar-refractivity contribution is -0.276. The van der Waals surface area contributed by atoms with E-state index in [1.807, 2.05) is 12.1 Å². The van der Waals surface area contributed by atoms with Crippen LogP contribution >= 0.6 is 0 Å². The van der Waals surface area contributed by atoms with Crippen molar-refractivity contribution < 1.29 is 19.4 Å². The third-order valence-electron chi connectivity index (χ3n) is 12.3. The molecule has 2 saturated heterocycles.